The summed E-state index contributed by atoms with van der Waals surface area (Å²) < 4.78 is 2.00. The van der Waals surface area contributed by atoms with Crippen LogP contribution in [0, 0.1) is 5.92 Å². The predicted octanol–water partition coefficient (Wildman–Crippen LogP) is 3.06. The minimum atomic E-state index is -0.186. The van der Waals surface area contributed by atoms with Gasteiger partial charge in [-0.1, -0.05) is 19.3 Å². The van der Waals surface area contributed by atoms with Crippen LogP contribution < -0.4 is 0 Å². The van der Waals surface area contributed by atoms with Gasteiger partial charge in [-0.25, -0.2) is 0 Å². The van der Waals surface area contributed by atoms with Gasteiger partial charge in [-0.05, 0) is 45.1 Å². The van der Waals surface area contributed by atoms with E-state index in [1.54, 1.807) is 0 Å². The van der Waals surface area contributed by atoms with Gasteiger partial charge >= 0.3 is 0 Å². The largest absolute Gasteiger partial charge is 0.393 e. The van der Waals surface area contributed by atoms with Crippen molar-refractivity contribution < 1.29 is 5.11 Å². The molecule has 1 aliphatic heterocycles. The van der Waals surface area contributed by atoms with E-state index in [0.717, 1.165) is 26.1 Å². The summed E-state index contributed by atoms with van der Waals surface area (Å²) in [6, 6.07) is 0. The van der Waals surface area contributed by atoms with Gasteiger partial charge in [-0.2, -0.15) is 5.10 Å². The van der Waals surface area contributed by atoms with Crippen LogP contribution in [0.1, 0.15) is 69.0 Å². The third kappa shape index (κ3) is 3.72. The first kappa shape index (κ1) is 16.0. The third-order valence-electron chi connectivity index (χ3n) is 5.55. The quantitative estimate of drug-likeness (QED) is 0.929. The molecule has 2 fully saturated rings. The van der Waals surface area contributed by atoms with E-state index in [2.05, 4.69) is 11.1 Å². The number of hydrogen-bond donors (Lipinski definition) is 1. The summed E-state index contributed by atoms with van der Waals surface area (Å²) in [5, 5.41) is 14.7. The van der Waals surface area contributed by atoms with Crippen molar-refractivity contribution in [1.29, 1.82) is 0 Å². The number of aliphatic hydroxyl groups is 1. The van der Waals surface area contributed by atoms with Crippen molar-refractivity contribution in [2.75, 3.05) is 13.1 Å². The molecule has 1 aromatic heterocycles. The van der Waals surface area contributed by atoms with Crippen molar-refractivity contribution in [2.45, 2.75) is 70.4 Å². The van der Waals surface area contributed by atoms with E-state index in [1.165, 1.54) is 49.8 Å². The molecule has 0 spiro atoms. The normalized spacial score (nSPS) is 26.2. The number of likely N-dealkylation sites (tertiary alicyclic amines) is 1. The molecule has 1 aromatic rings. The van der Waals surface area contributed by atoms with E-state index in [-0.39, 0.29) is 6.10 Å². The molecule has 2 heterocycles. The van der Waals surface area contributed by atoms with Crippen molar-refractivity contribution in [3.05, 3.63) is 17.5 Å². The van der Waals surface area contributed by atoms with Gasteiger partial charge in [0.2, 0.25) is 0 Å². The molecule has 0 radical (unpaired) electrons. The van der Waals surface area contributed by atoms with E-state index < -0.39 is 0 Å². The van der Waals surface area contributed by atoms with Crippen LogP contribution >= 0.6 is 0 Å². The van der Waals surface area contributed by atoms with E-state index in [1.807, 2.05) is 18.7 Å². The molecule has 0 bridgehead atoms. The number of aromatic nitrogens is 2. The van der Waals surface area contributed by atoms with Gasteiger partial charge in [0.15, 0.2) is 0 Å². The molecule has 2 atom stereocenters. The van der Waals surface area contributed by atoms with E-state index in [9.17, 15) is 5.11 Å². The molecule has 3 rings (SSSR count). The Labute approximate surface area is 134 Å². The van der Waals surface area contributed by atoms with Crippen molar-refractivity contribution >= 4 is 0 Å². The average molecular weight is 305 g/mol. The maximum Gasteiger partial charge on any atom is 0.0700 e. The monoisotopic (exact) mass is 305 g/mol. The second-order valence-corrected chi connectivity index (χ2v) is 7.43. The highest BCUT2D eigenvalue weighted by molar-refractivity contribution is 5.21. The first-order valence-electron chi connectivity index (χ1n) is 9.06. The van der Waals surface area contributed by atoms with Crippen LogP contribution in [-0.2, 0) is 13.6 Å². The minimum absolute atomic E-state index is 0.186. The van der Waals surface area contributed by atoms with Crippen LogP contribution in [0.3, 0.4) is 0 Å². The van der Waals surface area contributed by atoms with Gasteiger partial charge in [-0.3, -0.25) is 9.58 Å². The number of aliphatic hydroxyl groups excluding tert-OH is 1. The Hall–Kier alpha value is -0.870. The molecular weight excluding hydrogens is 274 g/mol. The molecule has 124 valence electrons. The highest BCUT2D eigenvalue weighted by atomic mass is 16.3. The summed E-state index contributed by atoms with van der Waals surface area (Å²) in [4.78, 5) is 2.52. The lowest BCUT2D eigenvalue weighted by Crippen LogP contribution is -2.39. The summed E-state index contributed by atoms with van der Waals surface area (Å²) in [6.07, 6.45) is 11.1. The topological polar surface area (TPSA) is 41.3 Å². The zero-order valence-electron chi connectivity index (χ0n) is 14.2. The molecule has 0 amide bonds. The zero-order valence-corrected chi connectivity index (χ0v) is 14.2. The summed E-state index contributed by atoms with van der Waals surface area (Å²) in [6.45, 7) is 5.12. The van der Waals surface area contributed by atoms with Gasteiger partial charge in [0.1, 0.15) is 0 Å². The lowest BCUT2D eigenvalue weighted by atomic mass is 9.85. The highest BCUT2D eigenvalue weighted by Crippen LogP contribution is 2.34. The Kier molecular flexibility index (Phi) is 5.19. The molecule has 1 saturated heterocycles. The number of piperidine rings is 1. The molecule has 4 heteroatoms. The van der Waals surface area contributed by atoms with E-state index in [0.29, 0.717) is 11.8 Å². The smallest absolute Gasteiger partial charge is 0.0700 e. The maximum absolute atomic E-state index is 9.88. The summed E-state index contributed by atoms with van der Waals surface area (Å²) in [7, 11) is 2.05. The van der Waals surface area contributed by atoms with E-state index in [4.69, 9.17) is 5.10 Å². The molecule has 1 N–H and O–H groups in total. The minimum Gasteiger partial charge on any atom is -0.393 e. The first-order valence-corrected chi connectivity index (χ1v) is 9.06. The number of rotatable bonds is 4. The zero-order chi connectivity index (χ0) is 15.5. The fourth-order valence-electron chi connectivity index (χ4n) is 4.27. The number of nitrogens with zero attached hydrogens (tertiary/aromatic N) is 3. The summed E-state index contributed by atoms with van der Waals surface area (Å²) >= 11 is 0. The number of aryl methyl sites for hydroxylation is 1. The maximum atomic E-state index is 9.88. The fraction of sp³-hybridized carbons (Fsp3) is 0.833. The SMILES string of the molecule is C[C@H](O)[C@@H]1CCCN(Cc2cn(C)nc2C2CCCCC2)C1. The Bertz CT molecular complexity index is 477. The Balaban J connectivity index is 1.69. The standard InChI is InChI=1S/C18H31N3O/c1-14(22)16-9-6-10-21(12-16)13-17-11-20(2)19-18(17)15-7-4-3-5-8-15/h11,14-16,22H,3-10,12-13H2,1-2H3/t14-,16+/m0/s1. The third-order valence-corrected chi connectivity index (χ3v) is 5.55. The van der Waals surface area contributed by atoms with Crippen LogP contribution in [0.5, 0.6) is 0 Å². The highest BCUT2D eigenvalue weighted by Gasteiger charge is 2.26. The fourth-order valence-corrected chi connectivity index (χ4v) is 4.27. The van der Waals surface area contributed by atoms with Crippen molar-refractivity contribution in [2.24, 2.45) is 13.0 Å². The molecule has 4 nitrogen and oxygen atoms in total. The lowest BCUT2D eigenvalue weighted by molar-refractivity contribution is 0.0597. The predicted molar refractivity (Wildman–Crippen MR) is 88.7 cm³/mol. The summed E-state index contributed by atoms with van der Waals surface area (Å²) in [5.74, 6) is 1.10. The molecule has 2 aliphatic rings. The lowest BCUT2D eigenvalue weighted by Gasteiger charge is -2.34. The van der Waals surface area contributed by atoms with Gasteiger partial charge in [0, 0.05) is 37.8 Å². The van der Waals surface area contributed by atoms with Crippen molar-refractivity contribution in [3.63, 3.8) is 0 Å². The van der Waals surface area contributed by atoms with Crippen LogP contribution in [-0.4, -0.2) is 39.0 Å². The van der Waals surface area contributed by atoms with Gasteiger partial charge in [-0.15, -0.1) is 0 Å². The Morgan fingerprint density at radius 1 is 1.23 bits per heavy atom. The first-order chi connectivity index (χ1) is 10.6. The second kappa shape index (κ2) is 7.14. The average Bonchev–Trinajstić information content (AvgIpc) is 2.89. The molecule has 0 aromatic carbocycles. The molecule has 22 heavy (non-hydrogen) atoms. The molecular formula is C18H31N3O. The van der Waals surface area contributed by atoms with Crippen LogP contribution in [0.4, 0.5) is 0 Å². The van der Waals surface area contributed by atoms with Gasteiger partial charge in [0.05, 0.1) is 11.8 Å². The van der Waals surface area contributed by atoms with Crippen LogP contribution in [0.15, 0.2) is 6.20 Å². The molecule has 1 saturated carbocycles. The Morgan fingerprint density at radius 2 is 2.00 bits per heavy atom. The van der Waals surface area contributed by atoms with E-state index >= 15 is 0 Å². The summed E-state index contributed by atoms with van der Waals surface area (Å²) in [5.41, 5.74) is 2.77. The molecule has 0 unspecified atom stereocenters. The van der Waals surface area contributed by atoms with Crippen molar-refractivity contribution in [3.8, 4) is 0 Å². The molecule has 1 aliphatic carbocycles. The van der Waals surface area contributed by atoms with Gasteiger partial charge < -0.3 is 5.11 Å². The van der Waals surface area contributed by atoms with Gasteiger partial charge in [0.25, 0.3) is 0 Å². The van der Waals surface area contributed by atoms with Crippen LogP contribution in [0.25, 0.3) is 0 Å². The Morgan fingerprint density at radius 3 is 2.73 bits per heavy atom. The number of hydrogen-bond acceptors (Lipinski definition) is 3. The van der Waals surface area contributed by atoms with Crippen molar-refractivity contribution in [1.82, 2.24) is 14.7 Å². The van der Waals surface area contributed by atoms with Crippen LogP contribution in [0.2, 0.25) is 0 Å². The second-order valence-electron chi connectivity index (χ2n) is 7.43.